The second-order valence-electron chi connectivity index (χ2n) is 5.16. The van der Waals surface area contributed by atoms with Crippen LogP contribution in [0.3, 0.4) is 0 Å². The largest absolute Gasteiger partial charge is 0.481 e. The summed E-state index contributed by atoms with van der Waals surface area (Å²) in [7, 11) is 4.05. The molecule has 0 saturated heterocycles. The monoisotopic (exact) mass is 286 g/mol. The number of carboxylic acids is 1. The lowest BCUT2D eigenvalue weighted by Gasteiger charge is -2.27. The van der Waals surface area contributed by atoms with Crippen molar-refractivity contribution >= 4 is 17.7 Å². The molecule has 19 heavy (non-hydrogen) atoms. The number of carbonyl (C=O) groups is 1. The van der Waals surface area contributed by atoms with Gasteiger partial charge in [-0.2, -0.15) is 0 Å². The summed E-state index contributed by atoms with van der Waals surface area (Å²) in [6.07, 6.45) is 0. The highest BCUT2D eigenvalue weighted by molar-refractivity contribution is 7.99. The zero-order valence-electron chi connectivity index (χ0n) is 12.1. The van der Waals surface area contributed by atoms with Gasteiger partial charge in [0.1, 0.15) is 5.82 Å². The van der Waals surface area contributed by atoms with Crippen LogP contribution in [0.5, 0.6) is 0 Å². The number of rotatable bonds is 7. The molecule has 0 saturated carbocycles. The maximum absolute atomic E-state index is 10.7. The standard InChI is InChI=1S/C12H22N4O2S/c1-8(2)10(6-15(4)5)16-9(3)13-14-12(16)19-7-11(17)18/h8,10H,6-7H2,1-5H3,(H,17,18). The van der Waals surface area contributed by atoms with E-state index in [1.165, 1.54) is 11.8 Å². The third-order valence-corrected chi connectivity index (χ3v) is 3.74. The molecule has 1 aromatic heterocycles. The van der Waals surface area contributed by atoms with Gasteiger partial charge in [0.2, 0.25) is 0 Å². The van der Waals surface area contributed by atoms with E-state index in [9.17, 15) is 4.79 Å². The van der Waals surface area contributed by atoms with E-state index in [1.807, 2.05) is 21.0 Å². The SMILES string of the molecule is Cc1nnc(SCC(=O)O)n1C(CN(C)C)C(C)C. The minimum Gasteiger partial charge on any atom is -0.481 e. The molecule has 108 valence electrons. The normalized spacial score (nSPS) is 13.2. The van der Waals surface area contributed by atoms with Gasteiger partial charge in [-0.15, -0.1) is 10.2 Å². The Morgan fingerprint density at radius 2 is 2.05 bits per heavy atom. The van der Waals surface area contributed by atoms with Gasteiger partial charge in [0.05, 0.1) is 11.8 Å². The van der Waals surface area contributed by atoms with E-state index < -0.39 is 5.97 Å². The first-order chi connectivity index (χ1) is 8.82. The highest BCUT2D eigenvalue weighted by Gasteiger charge is 2.23. The first-order valence-electron chi connectivity index (χ1n) is 6.23. The van der Waals surface area contributed by atoms with E-state index in [-0.39, 0.29) is 11.8 Å². The summed E-state index contributed by atoms with van der Waals surface area (Å²) < 4.78 is 2.05. The van der Waals surface area contributed by atoms with Gasteiger partial charge in [-0.05, 0) is 26.9 Å². The second kappa shape index (κ2) is 6.91. The Morgan fingerprint density at radius 3 is 2.53 bits per heavy atom. The van der Waals surface area contributed by atoms with Crippen molar-refractivity contribution in [3.63, 3.8) is 0 Å². The fraction of sp³-hybridized carbons (Fsp3) is 0.750. The van der Waals surface area contributed by atoms with Crippen molar-refractivity contribution in [2.45, 2.75) is 32.0 Å². The number of aliphatic carboxylic acids is 1. The molecule has 1 atom stereocenters. The van der Waals surface area contributed by atoms with E-state index in [0.717, 1.165) is 12.4 Å². The predicted octanol–water partition coefficient (Wildman–Crippen LogP) is 1.52. The van der Waals surface area contributed by atoms with Crippen molar-refractivity contribution in [1.29, 1.82) is 0 Å². The molecule has 0 bridgehead atoms. The molecule has 0 amide bonds. The highest BCUT2D eigenvalue weighted by atomic mass is 32.2. The molecule has 1 N–H and O–H groups in total. The van der Waals surface area contributed by atoms with Gasteiger partial charge in [-0.1, -0.05) is 25.6 Å². The van der Waals surface area contributed by atoms with Crippen LogP contribution < -0.4 is 0 Å². The van der Waals surface area contributed by atoms with Crippen molar-refractivity contribution in [3.8, 4) is 0 Å². The number of nitrogens with zero attached hydrogens (tertiary/aromatic N) is 4. The van der Waals surface area contributed by atoms with Crippen molar-refractivity contribution in [3.05, 3.63) is 5.82 Å². The summed E-state index contributed by atoms with van der Waals surface area (Å²) in [4.78, 5) is 12.8. The quantitative estimate of drug-likeness (QED) is 0.766. The maximum atomic E-state index is 10.7. The molecule has 6 nitrogen and oxygen atoms in total. The average Bonchev–Trinajstić information content (AvgIpc) is 2.64. The molecule has 1 rings (SSSR count). The smallest absolute Gasteiger partial charge is 0.313 e. The van der Waals surface area contributed by atoms with E-state index >= 15 is 0 Å². The van der Waals surface area contributed by atoms with Gasteiger partial charge in [0.25, 0.3) is 0 Å². The Bertz CT molecular complexity index is 431. The highest BCUT2D eigenvalue weighted by Crippen LogP contribution is 2.26. The molecule has 0 radical (unpaired) electrons. The van der Waals surface area contributed by atoms with Crippen LogP contribution in [-0.4, -0.2) is 57.1 Å². The van der Waals surface area contributed by atoms with Crippen LogP contribution in [0.15, 0.2) is 5.16 Å². The van der Waals surface area contributed by atoms with Crippen LogP contribution in [0, 0.1) is 12.8 Å². The molecular weight excluding hydrogens is 264 g/mol. The zero-order valence-corrected chi connectivity index (χ0v) is 12.9. The molecule has 0 aliphatic heterocycles. The Kier molecular flexibility index (Phi) is 5.81. The van der Waals surface area contributed by atoms with E-state index in [4.69, 9.17) is 5.11 Å². The number of carboxylic acid groups (broad SMARTS) is 1. The minimum atomic E-state index is -0.842. The lowest BCUT2D eigenvalue weighted by atomic mass is 10.0. The molecular formula is C12H22N4O2S. The number of thioether (sulfide) groups is 1. The van der Waals surface area contributed by atoms with Gasteiger partial charge in [-0.3, -0.25) is 4.79 Å². The number of likely N-dealkylation sites (N-methyl/N-ethyl adjacent to an activating group) is 1. The van der Waals surface area contributed by atoms with Crippen molar-refractivity contribution in [2.75, 3.05) is 26.4 Å². The molecule has 0 fully saturated rings. The van der Waals surface area contributed by atoms with Gasteiger partial charge >= 0.3 is 5.97 Å². The van der Waals surface area contributed by atoms with Crippen LogP contribution in [0.4, 0.5) is 0 Å². The Morgan fingerprint density at radius 1 is 1.42 bits per heavy atom. The van der Waals surface area contributed by atoms with Crippen molar-refractivity contribution < 1.29 is 9.90 Å². The van der Waals surface area contributed by atoms with Crippen LogP contribution >= 0.6 is 11.8 Å². The number of aryl methyl sites for hydroxylation is 1. The summed E-state index contributed by atoms with van der Waals surface area (Å²) in [5, 5.41) is 17.6. The Labute approximate surface area is 118 Å². The second-order valence-corrected chi connectivity index (χ2v) is 6.10. The Hall–Kier alpha value is -1.08. The van der Waals surface area contributed by atoms with Crippen LogP contribution in [0.25, 0.3) is 0 Å². The van der Waals surface area contributed by atoms with Gasteiger partial charge < -0.3 is 14.6 Å². The lowest BCUT2D eigenvalue weighted by molar-refractivity contribution is -0.133. The number of aromatic nitrogens is 3. The van der Waals surface area contributed by atoms with E-state index in [0.29, 0.717) is 11.1 Å². The maximum Gasteiger partial charge on any atom is 0.313 e. The fourth-order valence-corrected chi connectivity index (χ4v) is 2.68. The number of hydrogen-bond donors (Lipinski definition) is 1. The summed E-state index contributed by atoms with van der Waals surface area (Å²) >= 11 is 1.22. The van der Waals surface area contributed by atoms with Gasteiger partial charge in [0.15, 0.2) is 5.16 Å². The fourth-order valence-electron chi connectivity index (χ4n) is 1.92. The molecule has 0 aliphatic carbocycles. The molecule has 0 aliphatic rings. The molecule has 7 heteroatoms. The first-order valence-corrected chi connectivity index (χ1v) is 7.22. The van der Waals surface area contributed by atoms with Crippen molar-refractivity contribution in [2.24, 2.45) is 5.92 Å². The lowest BCUT2D eigenvalue weighted by Crippen LogP contribution is -2.29. The summed E-state index contributed by atoms with van der Waals surface area (Å²) in [5.41, 5.74) is 0. The molecule has 1 aromatic rings. The first kappa shape index (κ1) is 16.0. The summed E-state index contributed by atoms with van der Waals surface area (Å²) in [6.45, 7) is 7.08. The van der Waals surface area contributed by atoms with E-state index in [2.05, 4.69) is 33.5 Å². The average molecular weight is 286 g/mol. The topological polar surface area (TPSA) is 71.2 Å². The molecule has 1 heterocycles. The third-order valence-electron chi connectivity index (χ3n) is 2.81. The van der Waals surface area contributed by atoms with Crippen LogP contribution in [0.2, 0.25) is 0 Å². The van der Waals surface area contributed by atoms with Gasteiger partial charge in [0, 0.05) is 6.54 Å². The van der Waals surface area contributed by atoms with Crippen LogP contribution in [0.1, 0.15) is 25.7 Å². The third kappa shape index (κ3) is 4.50. The molecule has 0 aromatic carbocycles. The van der Waals surface area contributed by atoms with Gasteiger partial charge in [-0.25, -0.2) is 0 Å². The minimum absolute atomic E-state index is 0.00487. The van der Waals surface area contributed by atoms with Crippen molar-refractivity contribution in [1.82, 2.24) is 19.7 Å². The zero-order chi connectivity index (χ0) is 14.6. The number of hydrogen-bond acceptors (Lipinski definition) is 5. The molecule has 0 spiro atoms. The predicted molar refractivity (Wildman–Crippen MR) is 75.5 cm³/mol. The molecule has 1 unspecified atom stereocenters. The van der Waals surface area contributed by atoms with E-state index in [1.54, 1.807) is 0 Å². The summed E-state index contributed by atoms with van der Waals surface area (Å²) in [5.74, 6) is 0.408. The Balaban J connectivity index is 3.00. The summed E-state index contributed by atoms with van der Waals surface area (Å²) in [6, 6.07) is 0.237. The van der Waals surface area contributed by atoms with Crippen LogP contribution in [-0.2, 0) is 4.79 Å².